The second-order valence-corrected chi connectivity index (χ2v) is 2.07. The molecule has 0 aliphatic carbocycles. The van der Waals surface area contributed by atoms with Gasteiger partial charge in [0.05, 0.1) is 6.42 Å². The summed E-state index contributed by atoms with van der Waals surface area (Å²) >= 11 is 0. The van der Waals surface area contributed by atoms with Crippen molar-refractivity contribution in [3.8, 4) is 0 Å². The highest BCUT2D eigenvalue weighted by Gasteiger charge is 2.34. The van der Waals surface area contributed by atoms with Gasteiger partial charge in [0.1, 0.15) is 6.10 Å². The first-order valence-electron chi connectivity index (χ1n) is 2.95. The normalized spacial score (nSPS) is 31.9. The quantitative estimate of drug-likeness (QED) is 0.388. The van der Waals surface area contributed by atoms with Crippen molar-refractivity contribution in [3.63, 3.8) is 0 Å². The molecule has 0 spiro atoms. The molecule has 0 aromatic heterocycles. The summed E-state index contributed by atoms with van der Waals surface area (Å²) in [7, 11) is 1.45. The molecule has 0 saturated carbocycles. The Morgan fingerprint density at radius 3 is 2.90 bits per heavy atom. The van der Waals surface area contributed by atoms with Gasteiger partial charge in [0, 0.05) is 7.11 Å². The number of rotatable bonds is 2. The first-order chi connectivity index (χ1) is 4.77. The van der Waals surface area contributed by atoms with E-state index in [0.717, 1.165) is 0 Å². The van der Waals surface area contributed by atoms with Crippen LogP contribution in [0.3, 0.4) is 0 Å². The molecule has 1 fully saturated rings. The van der Waals surface area contributed by atoms with Crippen molar-refractivity contribution in [3.05, 3.63) is 0 Å². The van der Waals surface area contributed by atoms with E-state index in [-0.39, 0.29) is 18.5 Å². The Balaban J connectivity index is 2.56. The van der Waals surface area contributed by atoms with E-state index in [2.05, 4.69) is 4.74 Å². The van der Waals surface area contributed by atoms with E-state index in [1.807, 2.05) is 0 Å². The number of methoxy groups -OCH3 is 1. The molecular formula is C6H8O4. The van der Waals surface area contributed by atoms with Crippen LogP contribution in [0.4, 0.5) is 0 Å². The Labute approximate surface area is 58.1 Å². The van der Waals surface area contributed by atoms with Gasteiger partial charge in [-0.2, -0.15) is 0 Å². The van der Waals surface area contributed by atoms with E-state index < -0.39 is 6.10 Å². The van der Waals surface area contributed by atoms with E-state index in [0.29, 0.717) is 6.29 Å². The molecule has 0 amide bonds. The Morgan fingerprint density at radius 1 is 1.80 bits per heavy atom. The fourth-order valence-electron chi connectivity index (χ4n) is 0.889. The lowest BCUT2D eigenvalue weighted by Crippen LogP contribution is -2.24. The van der Waals surface area contributed by atoms with Gasteiger partial charge < -0.3 is 9.47 Å². The third kappa shape index (κ3) is 1.16. The lowest BCUT2D eigenvalue weighted by atomic mass is 10.2. The predicted molar refractivity (Wildman–Crippen MR) is 31.4 cm³/mol. The van der Waals surface area contributed by atoms with Gasteiger partial charge in [0.25, 0.3) is 0 Å². The largest absolute Gasteiger partial charge is 0.452 e. The molecule has 1 aliphatic heterocycles. The summed E-state index contributed by atoms with van der Waals surface area (Å²) < 4.78 is 9.39. The first kappa shape index (κ1) is 7.21. The number of hydrogen-bond acceptors (Lipinski definition) is 4. The molecule has 0 bridgehead atoms. The SMILES string of the molecule is CO[C@H]1CC(=O)O[C@@H]1C=O. The lowest BCUT2D eigenvalue weighted by molar-refractivity contribution is -0.144. The zero-order valence-electron chi connectivity index (χ0n) is 5.57. The Hall–Kier alpha value is -0.900. The van der Waals surface area contributed by atoms with Crippen molar-refractivity contribution >= 4 is 12.3 Å². The summed E-state index contributed by atoms with van der Waals surface area (Å²) in [6.45, 7) is 0. The van der Waals surface area contributed by atoms with E-state index >= 15 is 0 Å². The minimum absolute atomic E-state index is 0.180. The van der Waals surface area contributed by atoms with Gasteiger partial charge in [-0.15, -0.1) is 0 Å². The average molecular weight is 144 g/mol. The van der Waals surface area contributed by atoms with Crippen LogP contribution >= 0.6 is 0 Å². The van der Waals surface area contributed by atoms with Crippen LogP contribution < -0.4 is 0 Å². The Bertz CT molecular complexity index is 154. The summed E-state index contributed by atoms with van der Waals surface area (Å²) in [5.74, 6) is -0.371. The number of hydrogen-bond donors (Lipinski definition) is 0. The molecule has 0 N–H and O–H groups in total. The maximum absolute atomic E-state index is 10.5. The standard InChI is InChI=1S/C6H8O4/c1-9-4-2-6(8)10-5(4)3-7/h3-5H,2H2,1H3/t4-,5+/m0/s1. The molecule has 0 aromatic rings. The smallest absolute Gasteiger partial charge is 0.309 e. The van der Waals surface area contributed by atoms with Gasteiger partial charge in [-0.05, 0) is 0 Å². The Morgan fingerprint density at radius 2 is 2.50 bits per heavy atom. The van der Waals surface area contributed by atoms with Crippen molar-refractivity contribution in [2.45, 2.75) is 18.6 Å². The fraction of sp³-hybridized carbons (Fsp3) is 0.667. The van der Waals surface area contributed by atoms with Gasteiger partial charge in [0.15, 0.2) is 12.4 Å². The molecule has 2 atom stereocenters. The molecule has 10 heavy (non-hydrogen) atoms. The molecule has 0 aromatic carbocycles. The summed E-state index contributed by atoms with van der Waals surface area (Å²) in [5.41, 5.74) is 0. The molecule has 1 aliphatic rings. The third-order valence-electron chi connectivity index (χ3n) is 1.44. The van der Waals surface area contributed by atoms with Crippen molar-refractivity contribution in [1.82, 2.24) is 0 Å². The van der Waals surface area contributed by atoms with Crippen molar-refractivity contribution < 1.29 is 19.1 Å². The molecule has 0 radical (unpaired) electrons. The molecule has 4 heteroatoms. The molecule has 1 saturated heterocycles. The highest BCUT2D eigenvalue weighted by molar-refractivity contribution is 5.77. The summed E-state index contributed by atoms with van der Waals surface area (Å²) in [5, 5.41) is 0. The van der Waals surface area contributed by atoms with Crippen LogP contribution in [0, 0.1) is 0 Å². The summed E-state index contributed by atoms with van der Waals surface area (Å²) in [6, 6.07) is 0. The van der Waals surface area contributed by atoms with Crippen LogP contribution in [-0.4, -0.2) is 31.6 Å². The zero-order chi connectivity index (χ0) is 7.56. The van der Waals surface area contributed by atoms with Crippen LogP contribution in [0.5, 0.6) is 0 Å². The molecule has 1 rings (SSSR count). The predicted octanol–water partition coefficient (Wildman–Crippen LogP) is -0.484. The second-order valence-electron chi connectivity index (χ2n) is 2.07. The van der Waals surface area contributed by atoms with Crippen LogP contribution in [-0.2, 0) is 19.1 Å². The van der Waals surface area contributed by atoms with Gasteiger partial charge >= 0.3 is 5.97 Å². The maximum atomic E-state index is 10.5. The van der Waals surface area contributed by atoms with Crippen LogP contribution in [0.1, 0.15) is 6.42 Å². The second kappa shape index (κ2) is 2.79. The van der Waals surface area contributed by atoms with E-state index in [1.165, 1.54) is 7.11 Å². The van der Waals surface area contributed by atoms with Gasteiger partial charge in [-0.3, -0.25) is 9.59 Å². The number of cyclic esters (lactones) is 1. The van der Waals surface area contributed by atoms with Gasteiger partial charge in [-0.1, -0.05) is 0 Å². The first-order valence-corrected chi connectivity index (χ1v) is 2.95. The number of esters is 1. The molecule has 1 heterocycles. The summed E-state index contributed by atoms with van der Waals surface area (Å²) in [6.07, 6.45) is -0.318. The van der Waals surface area contributed by atoms with Gasteiger partial charge in [0.2, 0.25) is 0 Å². The number of carbonyl (C=O) groups excluding carboxylic acids is 2. The molecular weight excluding hydrogens is 136 g/mol. The number of carbonyl (C=O) groups is 2. The average Bonchev–Trinajstić information content (AvgIpc) is 2.30. The van der Waals surface area contributed by atoms with E-state index in [1.54, 1.807) is 0 Å². The van der Waals surface area contributed by atoms with Crippen LogP contribution in [0.15, 0.2) is 0 Å². The van der Waals surface area contributed by atoms with Crippen LogP contribution in [0.2, 0.25) is 0 Å². The number of aldehydes is 1. The minimum Gasteiger partial charge on any atom is -0.452 e. The highest BCUT2D eigenvalue weighted by Crippen LogP contribution is 2.15. The van der Waals surface area contributed by atoms with Crippen molar-refractivity contribution in [1.29, 1.82) is 0 Å². The van der Waals surface area contributed by atoms with Crippen LogP contribution in [0.25, 0.3) is 0 Å². The maximum Gasteiger partial charge on any atom is 0.309 e. The highest BCUT2D eigenvalue weighted by atomic mass is 16.6. The van der Waals surface area contributed by atoms with Gasteiger partial charge in [-0.25, -0.2) is 0 Å². The summed E-state index contributed by atoms with van der Waals surface area (Å²) in [4.78, 5) is 20.7. The molecule has 4 nitrogen and oxygen atoms in total. The minimum atomic E-state index is -0.697. The zero-order valence-corrected chi connectivity index (χ0v) is 5.57. The van der Waals surface area contributed by atoms with Crippen molar-refractivity contribution in [2.24, 2.45) is 0 Å². The van der Waals surface area contributed by atoms with E-state index in [9.17, 15) is 9.59 Å². The molecule has 56 valence electrons. The third-order valence-corrected chi connectivity index (χ3v) is 1.44. The monoisotopic (exact) mass is 144 g/mol. The van der Waals surface area contributed by atoms with E-state index in [4.69, 9.17) is 4.74 Å². The molecule has 0 unspecified atom stereocenters. The fourth-order valence-corrected chi connectivity index (χ4v) is 0.889. The topological polar surface area (TPSA) is 52.6 Å². The lowest BCUT2D eigenvalue weighted by Gasteiger charge is -2.07. The Kier molecular flexibility index (Phi) is 2.01. The van der Waals surface area contributed by atoms with Crippen molar-refractivity contribution in [2.75, 3.05) is 7.11 Å². The number of ether oxygens (including phenoxy) is 2.